The van der Waals surface area contributed by atoms with E-state index < -0.39 is 22.9 Å². The standard InChI is InChI=1S/C19H11ClF3NO4S/c20-13-7-15-14(27-9-28-15)6-11(13)8-24-17(25)16(29-18(24)26)5-10-2-1-3-12(4-10)19(21,22)23/h1-7H,8-9H2/b16-5-. The van der Waals surface area contributed by atoms with Crippen LogP contribution in [0.1, 0.15) is 16.7 Å². The molecule has 150 valence electrons. The molecule has 2 aromatic carbocycles. The van der Waals surface area contributed by atoms with Gasteiger partial charge in [-0.3, -0.25) is 14.5 Å². The number of ether oxygens (including phenoxy) is 2. The molecular weight excluding hydrogens is 431 g/mol. The summed E-state index contributed by atoms with van der Waals surface area (Å²) in [6, 6.07) is 7.65. The number of hydrogen-bond donors (Lipinski definition) is 0. The first-order valence-corrected chi connectivity index (χ1v) is 9.42. The molecule has 1 fully saturated rings. The third-order valence-electron chi connectivity index (χ3n) is 4.26. The quantitative estimate of drug-likeness (QED) is 0.603. The van der Waals surface area contributed by atoms with Crippen molar-refractivity contribution in [3.8, 4) is 11.5 Å². The van der Waals surface area contributed by atoms with E-state index in [4.69, 9.17) is 21.1 Å². The van der Waals surface area contributed by atoms with E-state index in [2.05, 4.69) is 0 Å². The molecule has 5 nitrogen and oxygen atoms in total. The van der Waals surface area contributed by atoms with Crippen LogP contribution in [0.2, 0.25) is 5.02 Å². The van der Waals surface area contributed by atoms with Crippen LogP contribution < -0.4 is 9.47 Å². The molecular formula is C19H11ClF3NO4S. The molecule has 4 rings (SSSR count). The fourth-order valence-electron chi connectivity index (χ4n) is 2.84. The Kier molecular flexibility index (Phi) is 4.95. The van der Waals surface area contributed by atoms with Gasteiger partial charge in [0.2, 0.25) is 6.79 Å². The van der Waals surface area contributed by atoms with Crippen molar-refractivity contribution >= 4 is 40.6 Å². The molecule has 0 radical (unpaired) electrons. The number of amides is 2. The van der Waals surface area contributed by atoms with Crippen LogP contribution in [-0.4, -0.2) is 22.8 Å². The second kappa shape index (κ2) is 7.31. The summed E-state index contributed by atoms with van der Waals surface area (Å²) in [5, 5.41) is -0.239. The summed E-state index contributed by atoms with van der Waals surface area (Å²) < 4.78 is 49.1. The van der Waals surface area contributed by atoms with E-state index in [1.165, 1.54) is 24.3 Å². The fourth-order valence-corrected chi connectivity index (χ4v) is 3.89. The lowest BCUT2D eigenvalue weighted by Gasteiger charge is -2.14. The van der Waals surface area contributed by atoms with Crippen molar-refractivity contribution in [3.05, 3.63) is 63.0 Å². The van der Waals surface area contributed by atoms with Crippen molar-refractivity contribution in [2.24, 2.45) is 0 Å². The molecule has 1 saturated heterocycles. The zero-order valence-electron chi connectivity index (χ0n) is 14.5. The highest BCUT2D eigenvalue weighted by Crippen LogP contribution is 2.39. The average molecular weight is 442 g/mol. The average Bonchev–Trinajstić information content (AvgIpc) is 3.21. The van der Waals surface area contributed by atoms with Crippen LogP contribution in [0, 0.1) is 0 Å². The predicted molar refractivity (Wildman–Crippen MR) is 101 cm³/mol. The van der Waals surface area contributed by atoms with Gasteiger partial charge in [-0.25, -0.2) is 0 Å². The first-order chi connectivity index (χ1) is 13.7. The van der Waals surface area contributed by atoms with E-state index >= 15 is 0 Å². The van der Waals surface area contributed by atoms with Crippen LogP contribution in [0.4, 0.5) is 18.0 Å². The molecule has 2 aliphatic rings. The maximum absolute atomic E-state index is 12.9. The third-order valence-corrected chi connectivity index (χ3v) is 5.51. The monoisotopic (exact) mass is 441 g/mol. The highest BCUT2D eigenvalue weighted by atomic mass is 35.5. The first-order valence-electron chi connectivity index (χ1n) is 8.23. The van der Waals surface area contributed by atoms with Crippen molar-refractivity contribution in [2.45, 2.75) is 12.7 Å². The number of nitrogens with zero attached hydrogens (tertiary/aromatic N) is 1. The number of hydrogen-bond acceptors (Lipinski definition) is 5. The summed E-state index contributed by atoms with van der Waals surface area (Å²) in [4.78, 5) is 26.0. The lowest BCUT2D eigenvalue weighted by molar-refractivity contribution is -0.137. The zero-order valence-corrected chi connectivity index (χ0v) is 16.0. The van der Waals surface area contributed by atoms with Crippen molar-refractivity contribution in [1.29, 1.82) is 0 Å². The van der Waals surface area contributed by atoms with E-state index in [1.54, 1.807) is 6.07 Å². The molecule has 2 heterocycles. The van der Waals surface area contributed by atoms with Crippen LogP contribution in [0.3, 0.4) is 0 Å². The van der Waals surface area contributed by atoms with Crippen molar-refractivity contribution in [3.63, 3.8) is 0 Å². The summed E-state index contributed by atoms with van der Waals surface area (Å²) in [6.45, 7) is -0.0451. The Bertz CT molecular complexity index is 1050. The molecule has 0 N–H and O–H groups in total. The smallest absolute Gasteiger partial charge is 0.416 e. The van der Waals surface area contributed by atoms with Gasteiger partial charge in [0.25, 0.3) is 11.1 Å². The van der Waals surface area contributed by atoms with Gasteiger partial charge in [-0.2, -0.15) is 13.2 Å². The Morgan fingerprint density at radius 2 is 1.86 bits per heavy atom. The lowest BCUT2D eigenvalue weighted by atomic mass is 10.1. The van der Waals surface area contributed by atoms with E-state index in [0.29, 0.717) is 33.8 Å². The summed E-state index contributed by atoms with van der Waals surface area (Å²) >= 11 is 6.85. The zero-order chi connectivity index (χ0) is 20.8. The Morgan fingerprint density at radius 1 is 1.14 bits per heavy atom. The van der Waals surface area contributed by atoms with Crippen molar-refractivity contribution < 1.29 is 32.2 Å². The van der Waals surface area contributed by atoms with Crippen LogP contribution >= 0.6 is 23.4 Å². The van der Waals surface area contributed by atoms with E-state index in [-0.39, 0.29) is 23.8 Å². The Labute approximate surface area is 172 Å². The molecule has 0 unspecified atom stereocenters. The summed E-state index contributed by atoms with van der Waals surface area (Å²) in [5.41, 5.74) is -0.178. The van der Waals surface area contributed by atoms with Crippen LogP contribution in [-0.2, 0) is 17.5 Å². The number of carbonyl (C=O) groups is 2. The fraction of sp³-hybridized carbons (Fsp3) is 0.158. The lowest BCUT2D eigenvalue weighted by Crippen LogP contribution is -2.27. The minimum absolute atomic E-state index is 0.0335. The largest absolute Gasteiger partial charge is 0.454 e. The van der Waals surface area contributed by atoms with Crippen LogP contribution in [0.15, 0.2) is 41.3 Å². The number of benzene rings is 2. The number of alkyl halides is 3. The summed E-state index contributed by atoms with van der Waals surface area (Å²) in [5.74, 6) is 0.319. The third kappa shape index (κ3) is 3.92. The highest BCUT2D eigenvalue weighted by molar-refractivity contribution is 8.18. The van der Waals surface area contributed by atoms with Gasteiger partial charge >= 0.3 is 6.18 Å². The topological polar surface area (TPSA) is 55.8 Å². The van der Waals surface area contributed by atoms with Gasteiger partial charge in [-0.05, 0) is 47.2 Å². The molecule has 2 aromatic rings. The van der Waals surface area contributed by atoms with E-state index in [9.17, 15) is 22.8 Å². The van der Waals surface area contributed by atoms with Gasteiger partial charge in [0.1, 0.15) is 0 Å². The molecule has 0 saturated carbocycles. The van der Waals surface area contributed by atoms with Gasteiger partial charge in [-0.15, -0.1) is 0 Å². The predicted octanol–water partition coefficient (Wildman–Crippen LogP) is 5.32. The van der Waals surface area contributed by atoms with Gasteiger partial charge in [0.05, 0.1) is 17.0 Å². The molecule has 2 aliphatic heterocycles. The normalized spacial score (nSPS) is 17.5. The number of carbonyl (C=O) groups excluding carboxylic acids is 2. The Morgan fingerprint density at radius 3 is 2.59 bits per heavy atom. The highest BCUT2D eigenvalue weighted by Gasteiger charge is 2.36. The maximum atomic E-state index is 12.9. The molecule has 0 aliphatic carbocycles. The second-order valence-electron chi connectivity index (χ2n) is 6.19. The van der Waals surface area contributed by atoms with Gasteiger partial charge in [-0.1, -0.05) is 23.7 Å². The Balaban J connectivity index is 1.58. The number of imide groups is 1. The van der Waals surface area contributed by atoms with Gasteiger partial charge in [0.15, 0.2) is 11.5 Å². The van der Waals surface area contributed by atoms with Crippen LogP contribution in [0.5, 0.6) is 11.5 Å². The van der Waals surface area contributed by atoms with Gasteiger partial charge < -0.3 is 9.47 Å². The Hall–Kier alpha value is -2.65. The molecule has 0 aromatic heterocycles. The number of halogens is 4. The molecule has 10 heteroatoms. The number of fused-ring (bicyclic) bond motifs is 1. The minimum atomic E-state index is -4.50. The molecule has 29 heavy (non-hydrogen) atoms. The maximum Gasteiger partial charge on any atom is 0.416 e. The number of rotatable bonds is 3. The molecule has 0 spiro atoms. The minimum Gasteiger partial charge on any atom is -0.454 e. The van der Waals surface area contributed by atoms with E-state index in [0.717, 1.165) is 17.0 Å². The summed E-state index contributed by atoms with van der Waals surface area (Å²) in [7, 11) is 0. The first kappa shape index (κ1) is 19.7. The molecule has 0 bridgehead atoms. The SMILES string of the molecule is O=C1S/C(=C\c2cccc(C(F)(F)F)c2)C(=O)N1Cc1cc2c(cc1Cl)OCO2. The van der Waals surface area contributed by atoms with Crippen LogP contribution in [0.25, 0.3) is 6.08 Å². The molecule has 0 atom stereocenters. The molecule has 2 amide bonds. The summed E-state index contributed by atoms with van der Waals surface area (Å²) in [6.07, 6.45) is -3.24. The van der Waals surface area contributed by atoms with Gasteiger partial charge in [0, 0.05) is 11.1 Å². The van der Waals surface area contributed by atoms with E-state index in [1.807, 2.05) is 0 Å². The van der Waals surface area contributed by atoms with Crippen molar-refractivity contribution in [1.82, 2.24) is 4.90 Å². The number of thioether (sulfide) groups is 1. The second-order valence-corrected chi connectivity index (χ2v) is 7.59. The van der Waals surface area contributed by atoms with Crippen molar-refractivity contribution in [2.75, 3.05) is 6.79 Å².